The molecule has 1 aromatic carbocycles. The second-order valence-corrected chi connectivity index (χ2v) is 5.93. The Morgan fingerprint density at radius 1 is 1.45 bits per heavy atom. The number of hydrogen-bond acceptors (Lipinski definition) is 4. The largest absolute Gasteiger partial charge is 0.497 e. The number of benzene rings is 1. The molecule has 4 nitrogen and oxygen atoms in total. The van der Waals surface area contributed by atoms with Crippen LogP contribution in [0.3, 0.4) is 0 Å². The van der Waals surface area contributed by atoms with Gasteiger partial charge in [-0.3, -0.25) is 0 Å². The van der Waals surface area contributed by atoms with Crippen molar-refractivity contribution in [3.8, 4) is 11.5 Å². The van der Waals surface area contributed by atoms with E-state index in [0.29, 0.717) is 12.4 Å². The number of aliphatic hydroxyl groups excluding tert-OH is 1. The zero-order valence-electron chi connectivity index (χ0n) is 12.7. The first-order chi connectivity index (χ1) is 9.41. The quantitative estimate of drug-likeness (QED) is 0.900. The van der Waals surface area contributed by atoms with Crippen LogP contribution in [0.2, 0.25) is 0 Å². The van der Waals surface area contributed by atoms with Gasteiger partial charge in [-0.15, -0.1) is 0 Å². The fourth-order valence-corrected chi connectivity index (χ4v) is 2.49. The summed E-state index contributed by atoms with van der Waals surface area (Å²) in [6.45, 7) is 6.42. The third-order valence-corrected chi connectivity index (χ3v) is 3.65. The summed E-state index contributed by atoms with van der Waals surface area (Å²) in [7, 11) is 1.61. The van der Waals surface area contributed by atoms with Crippen molar-refractivity contribution in [2.24, 2.45) is 0 Å². The molecule has 1 heterocycles. The van der Waals surface area contributed by atoms with Gasteiger partial charge in [0.2, 0.25) is 0 Å². The minimum absolute atomic E-state index is 0.0600. The predicted molar refractivity (Wildman–Crippen MR) is 77.3 cm³/mol. The van der Waals surface area contributed by atoms with E-state index >= 15 is 0 Å². The lowest BCUT2D eigenvalue weighted by molar-refractivity contribution is -0.0330. The molecule has 1 aliphatic heterocycles. The van der Waals surface area contributed by atoms with Crippen molar-refractivity contribution in [2.45, 2.75) is 51.4 Å². The van der Waals surface area contributed by atoms with Crippen LogP contribution in [0.1, 0.15) is 45.3 Å². The van der Waals surface area contributed by atoms with Gasteiger partial charge in [0.15, 0.2) is 0 Å². The van der Waals surface area contributed by atoms with Crippen LogP contribution in [-0.2, 0) is 4.74 Å². The smallest absolute Gasteiger partial charge is 0.128 e. The first kappa shape index (κ1) is 15.1. The molecule has 0 radical (unpaired) electrons. The van der Waals surface area contributed by atoms with Gasteiger partial charge in [0.1, 0.15) is 18.1 Å². The maximum atomic E-state index is 9.79. The molecule has 0 bridgehead atoms. The number of hydrogen-bond donors (Lipinski definition) is 1. The Morgan fingerprint density at radius 2 is 2.20 bits per heavy atom. The molecule has 1 aromatic rings. The van der Waals surface area contributed by atoms with E-state index in [1.807, 2.05) is 18.2 Å². The summed E-state index contributed by atoms with van der Waals surface area (Å²) in [5, 5.41) is 9.79. The maximum absolute atomic E-state index is 9.79. The Bertz CT molecular complexity index is 454. The van der Waals surface area contributed by atoms with Gasteiger partial charge in [-0.1, -0.05) is 0 Å². The van der Waals surface area contributed by atoms with Gasteiger partial charge < -0.3 is 19.3 Å². The molecule has 2 atom stereocenters. The molecule has 1 saturated heterocycles. The Labute approximate surface area is 120 Å². The molecule has 2 rings (SSSR count). The van der Waals surface area contributed by atoms with Gasteiger partial charge in [0, 0.05) is 11.6 Å². The van der Waals surface area contributed by atoms with E-state index < -0.39 is 6.10 Å². The van der Waals surface area contributed by atoms with Crippen molar-refractivity contribution in [3.63, 3.8) is 0 Å². The van der Waals surface area contributed by atoms with E-state index in [-0.39, 0.29) is 11.7 Å². The second kappa shape index (κ2) is 6.02. The Balaban J connectivity index is 2.04. The molecule has 0 amide bonds. The van der Waals surface area contributed by atoms with Crippen LogP contribution in [0.5, 0.6) is 11.5 Å². The topological polar surface area (TPSA) is 47.9 Å². The van der Waals surface area contributed by atoms with E-state index in [0.717, 1.165) is 24.2 Å². The highest BCUT2D eigenvalue weighted by atomic mass is 16.6. The predicted octanol–water partition coefficient (Wildman–Crippen LogP) is 3.08. The molecule has 20 heavy (non-hydrogen) atoms. The lowest BCUT2D eigenvalue weighted by Gasteiger charge is -2.20. The Morgan fingerprint density at radius 3 is 2.75 bits per heavy atom. The normalized spacial score (nSPS) is 22.6. The fourth-order valence-electron chi connectivity index (χ4n) is 2.49. The van der Waals surface area contributed by atoms with Crippen LogP contribution in [0, 0.1) is 0 Å². The second-order valence-electron chi connectivity index (χ2n) is 5.93. The summed E-state index contributed by atoms with van der Waals surface area (Å²) in [4.78, 5) is 0. The zero-order valence-corrected chi connectivity index (χ0v) is 12.7. The van der Waals surface area contributed by atoms with E-state index in [2.05, 4.69) is 13.8 Å². The molecule has 0 spiro atoms. The van der Waals surface area contributed by atoms with E-state index in [9.17, 15) is 5.11 Å². The third kappa shape index (κ3) is 3.64. The molecule has 0 aliphatic carbocycles. The highest BCUT2D eigenvalue weighted by Crippen LogP contribution is 2.32. The number of methoxy groups -OCH3 is 1. The first-order valence-electron chi connectivity index (χ1n) is 7.08. The molecule has 4 heteroatoms. The van der Waals surface area contributed by atoms with Crippen molar-refractivity contribution in [1.29, 1.82) is 0 Å². The Kier molecular flexibility index (Phi) is 4.55. The molecule has 1 fully saturated rings. The van der Waals surface area contributed by atoms with Crippen molar-refractivity contribution in [2.75, 3.05) is 13.7 Å². The fraction of sp³-hybridized carbons (Fsp3) is 0.625. The summed E-state index contributed by atoms with van der Waals surface area (Å²) in [6.07, 6.45) is 1.58. The zero-order chi connectivity index (χ0) is 14.8. The van der Waals surface area contributed by atoms with Crippen LogP contribution in [0.25, 0.3) is 0 Å². The van der Waals surface area contributed by atoms with Crippen LogP contribution >= 0.6 is 0 Å². The van der Waals surface area contributed by atoms with Gasteiger partial charge in [-0.2, -0.15) is 0 Å². The standard InChI is InChI=1S/C16H24O4/c1-11(17)14-6-5-12(18-4)9-15(14)19-10-13-7-8-16(2,3)20-13/h5-6,9,11,13,17H,7-8,10H2,1-4H3/t11-,13?/m1/s1. The van der Waals surface area contributed by atoms with Crippen molar-refractivity contribution in [1.82, 2.24) is 0 Å². The van der Waals surface area contributed by atoms with Gasteiger partial charge in [-0.05, 0) is 45.7 Å². The van der Waals surface area contributed by atoms with Crippen molar-refractivity contribution in [3.05, 3.63) is 23.8 Å². The highest BCUT2D eigenvalue weighted by molar-refractivity contribution is 5.41. The van der Waals surface area contributed by atoms with E-state index in [1.165, 1.54) is 0 Å². The number of aliphatic hydroxyl groups is 1. The van der Waals surface area contributed by atoms with Crippen molar-refractivity contribution < 1.29 is 19.3 Å². The van der Waals surface area contributed by atoms with Gasteiger partial charge in [0.25, 0.3) is 0 Å². The van der Waals surface area contributed by atoms with Crippen LogP contribution in [0.4, 0.5) is 0 Å². The maximum Gasteiger partial charge on any atom is 0.128 e. The summed E-state index contributed by atoms with van der Waals surface area (Å²) in [5.74, 6) is 1.38. The minimum Gasteiger partial charge on any atom is -0.497 e. The number of ether oxygens (including phenoxy) is 3. The summed E-state index contributed by atoms with van der Waals surface area (Å²) in [6, 6.07) is 5.46. The molecular weight excluding hydrogens is 256 g/mol. The van der Waals surface area contributed by atoms with Crippen molar-refractivity contribution >= 4 is 0 Å². The SMILES string of the molecule is COc1ccc([C@@H](C)O)c(OCC2CCC(C)(C)O2)c1. The van der Waals surface area contributed by atoms with E-state index in [1.54, 1.807) is 14.0 Å². The molecule has 1 N–H and O–H groups in total. The van der Waals surface area contributed by atoms with Gasteiger partial charge in [-0.25, -0.2) is 0 Å². The van der Waals surface area contributed by atoms with Crippen LogP contribution < -0.4 is 9.47 Å². The summed E-state index contributed by atoms with van der Waals surface area (Å²) >= 11 is 0. The Hall–Kier alpha value is -1.26. The summed E-state index contributed by atoms with van der Waals surface area (Å²) < 4.78 is 17.0. The third-order valence-electron chi connectivity index (χ3n) is 3.65. The molecule has 0 saturated carbocycles. The molecule has 1 unspecified atom stereocenters. The summed E-state index contributed by atoms with van der Waals surface area (Å²) in [5.41, 5.74) is 0.707. The lowest BCUT2D eigenvalue weighted by atomic mass is 10.1. The average molecular weight is 280 g/mol. The van der Waals surface area contributed by atoms with Crippen LogP contribution in [0.15, 0.2) is 18.2 Å². The monoisotopic (exact) mass is 280 g/mol. The van der Waals surface area contributed by atoms with E-state index in [4.69, 9.17) is 14.2 Å². The highest BCUT2D eigenvalue weighted by Gasteiger charge is 2.32. The van der Waals surface area contributed by atoms with Crippen LogP contribution in [-0.4, -0.2) is 30.5 Å². The molecule has 112 valence electrons. The average Bonchev–Trinajstić information content (AvgIpc) is 2.75. The molecule has 1 aliphatic rings. The lowest BCUT2D eigenvalue weighted by Crippen LogP contribution is -2.24. The molecule has 0 aromatic heterocycles. The molecular formula is C16H24O4. The van der Waals surface area contributed by atoms with Gasteiger partial charge >= 0.3 is 0 Å². The number of rotatable bonds is 5. The minimum atomic E-state index is -0.572. The van der Waals surface area contributed by atoms with Gasteiger partial charge in [0.05, 0.1) is 24.9 Å². The first-order valence-corrected chi connectivity index (χ1v) is 7.08.